The Labute approximate surface area is 169 Å². The van der Waals surface area contributed by atoms with Crippen LogP contribution in [0.15, 0.2) is 53.4 Å². The Balaban J connectivity index is 1.94. The fourth-order valence-electron chi connectivity index (χ4n) is 2.50. The molecule has 0 saturated heterocycles. The quantitative estimate of drug-likeness (QED) is 0.326. The molecule has 0 heterocycles. The smallest absolute Gasteiger partial charge is 0.289 e. The van der Waals surface area contributed by atoms with E-state index in [4.69, 9.17) is 4.74 Å². The summed E-state index contributed by atoms with van der Waals surface area (Å²) in [6, 6.07) is 11.1. The van der Waals surface area contributed by atoms with Crippen LogP contribution in [0.4, 0.5) is 5.69 Å². The Hall–Kier alpha value is -2.98. The molecule has 0 fully saturated rings. The van der Waals surface area contributed by atoms with E-state index in [1.807, 2.05) is 10.3 Å². The molecular weight excluding hydrogens is 398 g/mol. The van der Waals surface area contributed by atoms with E-state index >= 15 is 0 Å². The van der Waals surface area contributed by atoms with Gasteiger partial charge in [0.15, 0.2) is 4.90 Å². The number of sulfonamides is 1. The fraction of sp³-hybridized carbons (Fsp3) is 0.316. The van der Waals surface area contributed by atoms with Gasteiger partial charge in [-0.2, -0.15) is 0 Å². The number of nitrogens with zero attached hydrogens (tertiary/aromatic N) is 1. The minimum Gasteiger partial charge on any atom is -0.494 e. The molecule has 2 aromatic carbocycles. The highest BCUT2D eigenvalue weighted by Crippen LogP contribution is 2.22. The van der Waals surface area contributed by atoms with Crippen LogP contribution in [-0.4, -0.2) is 25.9 Å². The van der Waals surface area contributed by atoms with Crippen molar-refractivity contribution in [3.05, 3.63) is 64.2 Å². The van der Waals surface area contributed by atoms with Crippen LogP contribution in [0, 0.1) is 10.1 Å². The maximum Gasteiger partial charge on any atom is 0.289 e. The van der Waals surface area contributed by atoms with Crippen molar-refractivity contribution in [3.63, 3.8) is 0 Å². The zero-order valence-corrected chi connectivity index (χ0v) is 16.8. The van der Waals surface area contributed by atoms with Crippen LogP contribution in [0.3, 0.4) is 0 Å². The van der Waals surface area contributed by atoms with Crippen molar-refractivity contribution in [2.75, 3.05) is 6.61 Å². The maximum atomic E-state index is 12.3. The number of rotatable bonds is 11. The molecule has 1 amide bonds. The van der Waals surface area contributed by atoms with Crippen LogP contribution in [0.2, 0.25) is 0 Å². The average molecular weight is 421 g/mol. The lowest BCUT2D eigenvalue weighted by atomic mass is 10.2. The van der Waals surface area contributed by atoms with Gasteiger partial charge in [-0.25, -0.2) is 8.42 Å². The van der Waals surface area contributed by atoms with Crippen molar-refractivity contribution in [2.24, 2.45) is 0 Å². The number of nitro groups is 1. The van der Waals surface area contributed by atoms with E-state index in [2.05, 4.69) is 6.92 Å². The van der Waals surface area contributed by atoms with Gasteiger partial charge >= 0.3 is 0 Å². The molecule has 0 saturated carbocycles. The fourth-order valence-corrected chi connectivity index (χ4v) is 3.51. The van der Waals surface area contributed by atoms with Gasteiger partial charge in [-0.05, 0) is 36.8 Å². The number of unbranched alkanes of at least 4 members (excludes halogenated alkanes) is 3. The summed E-state index contributed by atoms with van der Waals surface area (Å²) in [5.74, 6) is -0.0970. The first kappa shape index (κ1) is 22.3. The number of hydrogen-bond acceptors (Lipinski definition) is 6. The van der Waals surface area contributed by atoms with E-state index in [0.29, 0.717) is 12.4 Å². The number of benzene rings is 2. The standard InChI is InChI=1S/C19H23N3O6S/c1-2-3-4-7-14-28-16-12-10-15(11-13-16)19(23)20-21-29(26,27)18-9-6-5-8-17(18)22(24)25/h5-6,8-13,21H,2-4,7,14H2,1H3,(H,20,23). The molecule has 2 rings (SSSR count). The highest BCUT2D eigenvalue weighted by molar-refractivity contribution is 7.89. The van der Waals surface area contributed by atoms with Crippen LogP contribution >= 0.6 is 0 Å². The third-order valence-corrected chi connectivity index (χ3v) is 5.33. The van der Waals surface area contributed by atoms with E-state index < -0.39 is 31.4 Å². The van der Waals surface area contributed by atoms with Gasteiger partial charge < -0.3 is 4.74 Å². The topological polar surface area (TPSA) is 128 Å². The zero-order valence-electron chi connectivity index (χ0n) is 16.0. The van der Waals surface area contributed by atoms with Gasteiger partial charge in [0.05, 0.1) is 11.5 Å². The van der Waals surface area contributed by atoms with Crippen LogP contribution in [0.1, 0.15) is 43.0 Å². The minimum atomic E-state index is -4.32. The summed E-state index contributed by atoms with van der Waals surface area (Å²) in [5, 5.41) is 11.0. The molecule has 0 aliphatic carbocycles. The molecule has 0 spiro atoms. The summed E-state index contributed by atoms with van der Waals surface area (Å²) < 4.78 is 30.2. The van der Waals surface area contributed by atoms with Crippen LogP contribution in [0.25, 0.3) is 0 Å². The second-order valence-electron chi connectivity index (χ2n) is 6.22. The van der Waals surface area contributed by atoms with E-state index in [0.717, 1.165) is 37.8 Å². The second-order valence-corrected chi connectivity index (χ2v) is 7.87. The highest BCUT2D eigenvalue weighted by Gasteiger charge is 2.25. The molecule has 0 unspecified atom stereocenters. The normalized spacial score (nSPS) is 11.1. The Morgan fingerprint density at radius 2 is 1.76 bits per heavy atom. The number of carbonyl (C=O) groups excluding carboxylic acids is 1. The largest absolute Gasteiger partial charge is 0.494 e. The summed E-state index contributed by atoms with van der Waals surface area (Å²) in [7, 11) is -4.32. The summed E-state index contributed by atoms with van der Waals surface area (Å²) in [5.41, 5.74) is 1.66. The lowest BCUT2D eigenvalue weighted by Crippen LogP contribution is -2.41. The Morgan fingerprint density at radius 3 is 2.41 bits per heavy atom. The molecular formula is C19H23N3O6S. The first-order chi connectivity index (χ1) is 13.8. The van der Waals surface area contributed by atoms with Crippen molar-refractivity contribution in [3.8, 4) is 5.75 Å². The first-order valence-corrected chi connectivity index (χ1v) is 10.6. The van der Waals surface area contributed by atoms with E-state index in [-0.39, 0.29) is 5.56 Å². The average Bonchev–Trinajstić information content (AvgIpc) is 2.72. The third-order valence-electron chi connectivity index (χ3n) is 4.03. The highest BCUT2D eigenvalue weighted by atomic mass is 32.2. The molecule has 29 heavy (non-hydrogen) atoms. The van der Waals surface area contributed by atoms with E-state index in [1.54, 1.807) is 12.1 Å². The first-order valence-electron chi connectivity index (χ1n) is 9.13. The van der Waals surface area contributed by atoms with Crippen molar-refractivity contribution in [1.82, 2.24) is 10.3 Å². The number of nitro benzene ring substituents is 1. The predicted octanol–water partition coefficient (Wildman–Crippen LogP) is 3.18. The van der Waals surface area contributed by atoms with Crippen LogP contribution in [-0.2, 0) is 10.0 Å². The third kappa shape index (κ3) is 6.54. The van der Waals surface area contributed by atoms with Gasteiger partial charge in [0, 0.05) is 11.6 Å². The molecule has 156 valence electrons. The van der Waals surface area contributed by atoms with Gasteiger partial charge in [-0.3, -0.25) is 20.3 Å². The minimum absolute atomic E-state index is 0.202. The molecule has 2 N–H and O–H groups in total. The predicted molar refractivity (Wildman–Crippen MR) is 107 cm³/mol. The van der Waals surface area contributed by atoms with Crippen LogP contribution < -0.4 is 15.0 Å². The summed E-state index contributed by atoms with van der Waals surface area (Å²) >= 11 is 0. The zero-order chi connectivity index (χ0) is 21.3. The van der Waals surface area contributed by atoms with Gasteiger partial charge in [0.25, 0.3) is 21.6 Å². The molecule has 0 radical (unpaired) electrons. The van der Waals surface area contributed by atoms with Gasteiger partial charge in [0.1, 0.15) is 5.75 Å². The molecule has 0 aliphatic heterocycles. The second kappa shape index (κ2) is 10.5. The van der Waals surface area contributed by atoms with E-state index in [9.17, 15) is 23.3 Å². The number of amides is 1. The summed E-state index contributed by atoms with van der Waals surface area (Å²) in [6.45, 7) is 2.72. The number of carbonyl (C=O) groups is 1. The van der Waals surface area contributed by atoms with Crippen molar-refractivity contribution in [1.29, 1.82) is 0 Å². The number of nitrogens with one attached hydrogen (secondary N) is 2. The molecule has 0 atom stereocenters. The molecule has 0 aliphatic rings. The number of hydrogen-bond donors (Lipinski definition) is 2. The lowest BCUT2D eigenvalue weighted by molar-refractivity contribution is -0.387. The monoisotopic (exact) mass is 421 g/mol. The molecule has 9 nitrogen and oxygen atoms in total. The Morgan fingerprint density at radius 1 is 1.07 bits per heavy atom. The Kier molecular flexibility index (Phi) is 8.10. The molecule has 0 bridgehead atoms. The van der Waals surface area contributed by atoms with Crippen molar-refractivity contribution >= 4 is 21.6 Å². The number of para-hydroxylation sites is 1. The van der Waals surface area contributed by atoms with Gasteiger partial charge in [-0.1, -0.05) is 38.3 Å². The number of hydrazine groups is 1. The summed E-state index contributed by atoms with van der Waals surface area (Å²) in [4.78, 5) is 23.7. The van der Waals surface area contributed by atoms with Gasteiger partial charge in [-0.15, -0.1) is 4.83 Å². The SMILES string of the molecule is CCCCCCOc1ccc(C(=O)NNS(=O)(=O)c2ccccc2[N+](=O)[O-])cc1. The number of ether oxygens (including phenoxy) is 1. The van der Waals surface area contributed by atoms with Crippen molar-refractivity contribution in [2.45, 2.75) is 37.5 Å². The lowest BCUT2D eigenvalue weighted by Gasteiger charge is -2.10. The van der Waals surface area contributed by atoms with Crippen LogP contribution in [0.5, 0.6) is 5.75 Å². The van der Waals surface area contributed by atoms with Gasteiger partial charge in [0.2, 0.25) is 0 Å². The van der Waals surface area contributed by atoms with E-state index in [1.165, 1.54) is 24.3 Å². The van der Waals surface area contributed by atoms with Crippen molar-refractivity contribution < 1.29 is 22.9 Å². The Bertz CT molecular complexity index is 945. The molecule has 0 aromatic heterocycles. The molecule has 2 aromatic rings. The molecule has 10 heteroatoms. The maximum absolute atomic E-state index is 12.3. The summed E-state index contributed by atoms with van der Waals surface area (Å²) in [6.07, 6.45) is 4.34.